The lowest BCUT2D eigenvalue weighted by Gasteiger charge is -2.14. The predicted octanol–water partition coefficient (Wildman–Crippen LogP) is 3.27. The van der Waals surface area contributed by atoms with Crippen LogP contribution in [0.4, 0.5) is 0 Å². The fourth-order valence-corrected chi connectivity index (χ4v) is 3.35. The number of ether oxygens (including phenoxy) is 1. The number of sulfonamides is 1. The molecule has 1 N–H and O–H groups in total. The molecule has 5 nitrogen and oxygen atoms in total. The van der Waals surface area contributed by atoms with Gasteiger partial charge >= 0.3 is 0 Å². The molecule has 0 fully saturated rings. The van der Waals surface area contributed by atoms with E-state index < -0.39 is 10.0 Å². The smallest absolute Gasteiger partial charge is 0.244 e. The summed E-state index contributed by atoms with van der Waals surface area (Å²) in [6.07, 6.45) is 3.20. The first kappa shape index (κ1) is 17.0. The normalized spacial score (nSPS) is 11.4. The molecule has 0 aliphatic heterocycles. The van der Waals surface area contributed by atoms with Crippen LogP contribution in [0.5, 0.6) is 5.75 Å². The maximum atomic E-state index is 12.5. The summed E-state index contributed by atoms with van der Waals surface area (Å²) in [5.41, 5.74) is 0.740. The Hall–Kier alpha value is -1.34. The number of nitrogens with zero attached hydrogens (tertiary/aromatic N) is 1. The van der Waals surface area contributed by atoms with Gasteiger partial charge in [0.2, 0.25) is 10.0 Å². The molecule has 118 valence electrons. The van der Waals surface area contributed by atoms with Crippen LogP contribution < -0.4 is 9.46 Å². The second-order valence-corrected chi connectivity index (χ2v) is 6.83. The molecule has 8 heteroatoms. The molecule has 0 aliphatic rings. The summed E-state index contributed by atoms with van der Waals surface area (Å²) < 4.78 is 32.7. The van der Waals surface area contributed by atoms with Crippen LogP contribution in [0.15, 0.2) is 41.6 Å². The van der Waals surface area contributed by atoms with E-state index in [0.29, 0.717) is 0 Å². The van der Waals surface area contributed by atoms with Gasteiger partial charge in [-0.3, -0.25) is 4.98 Å². The van der Waals surface area contributed by atoms with Crippen LogP contribution in [0.1, 0.15) is 12.5 Å². The van der Waals surface area contributed by atoms with Crippen LogP contribution in [-0.2, 0) is 16.6 Å². The summed E-state index contributed by atoms with van der Waals surface area (Å²) in [5.74, 6) is 0.0513. The van der Waals surface area contributed by atoms with E-state index in [0.717, 1.165) is 5.56 Å². The van der Waals surface area contributed by atoms with Crippen molar-refractivity contribution in [3.8, 4) is 5.75 Å². The number of hydrogen-bond donors (Lipinski definition) is 1. The molecule has 0 bridgehead atoms. The molecule has 1 aromatic carbocycles. The van der Waals surface area contributed by atoms with Gasteiger partial charge < -0.3 is 4.74 Å². The SMILES string of the molecule is CCOc1c(S(=O)(=O)NCc2cccnc2)ccc(Cl)c1Cl. The van der Waals surface area contributed by atoms with Crippen molar-refractivity contribution in [2.75, 3.05) is 6.61 Å². The van der Waals surface area contributed by atoms with Crippen LogP contribution in [0.25, 0.3) is 0 Å². The minimum atomic E-state index is -3.80. The molecule has 0 spiro atoms. The lowest BCUT2D eigenvalue weighted by Crippen LogP contribution is -2.24. The first-order valence-corrected chi connectivity index (χ1v) is 8.69. The number of benzene rings is 1. The molecule has 1 aromatic heterocycles. The van der Waals surface area contributed by atoms with E-state index in [9.17, 15) is 8.42 Å². The molecule has 22 heavy (non-hydrogen) atoms. The Morgan fingerprint density at radius 1 is 1.27 bits per heavy atom. The number of nitrogens with one attached hydrogen (secondary N) is 1. The van der Waals surface area contributed by atoms with Gasteiger partial charge in [-0.1, -0.05) is 29.3 Å². The minimum absolute atomic E-state index is 0.0485. The Bertz CT molecular complexity index is 752. The summed E-state index contributed by atoms with van der Waals surface area (Å²) >= 11 is 12.0. The highest BCUT2D eigenvalue weighted by molar-refractivity contribution is 7.89. The first-order valence-electron chi connectivity index (χ1n) is 6.45. The Balaban J connectivity index is 2.31. The Morgan fingerprint density at radius 2 is 2.05 bits per heavy atom. The summed E-state index contributed by atoms with van der Waals surface area (Å²) in [6, 6.07) is 6.29. The van der Waals surface area contributed by atoms with E-state index in [1.54, 1.807) is 31.5 Å². The number of halogens is 2. The second kappa shape index (κ2) is 7.28. The third-order valence-electron chi connectivity index (χ3n) is 2.78. The zero-order valence-electron chi connectivity index (χ0n) is 11.7. The van der Waals surface area contributed by atoms with Crippen LogP contribution in [0, 0.1) is 0 Å². The number of hydrogen-bond acceptors (Lipinski definition) is 4. The monoisotopic (exact) mass is 360 g/mol. The maximum Gasteiger partial charge on any atom is 0.244 e. The van der Waals surface area contributed by atoms with E-state index in [4.69, 9.17) is 27.9 Å². The van der Waals surface area contributed by atoms with Crippen molar-refractivity contribution in [2.24, 2.45) is 0 Å². The summed E-state index contributed by atoms with van der Waals surface area (Å²) in [7, 11) is -3.80. The van der Waals surface area contributed by atoms with Crippen LogP contribution in [0.2, 0.25) is 10.0 Å². The van der Waals surface area contributed by atoms with Gasteiger partial charge in [-0.25, -0.2) is 13.1 Å². The van der Waals surface area contributed by atoms with Crippen molar-refractivity contribution in [3.63, 3.8) is 0 Å². The second-order valence-electron chi connectivity index (χ2n) is 4.31. The maximum absolute atomic E-state index is 12.5. The molecule has 0 radical (unpaired) electrons. The van der Waals surface area contributed by atoms with E-state index in [1.807, 2.05) is 0 Å². The van der Waals surface area contributed by atoms with Gasteiger partial charge in [0.05, 0.1) is 11.6 Å². The fourth-order valence-electron chi connectivity index (χ4n) is 1.76. The van der Waals surface area contributed by atoms with Crippen molar-refractivity contribution in [1.82, 2.24) is 9.71 Å². The van der Waals surface area contributed by atoms with Crippen molar-refractivity contribution in [2.45, 2.75) is 18.4 Å². The molecule has 1 heterocycles. The van der Waals surface area contributed by atoms with E-state index in [-0.39, 0.29) is 33.8 Å². The van der Waals surface area contributed by atoms with Gasteiger partial charge in [0, 0.05) is 18.9 Å². The van der Waals surface area contributed by atoms with Crippen molar-refractivity contribution in [1.29, 1.82) is 0 Å². The Labute approximate surface area is 139 Å². The molecule has 0 unspecified atom stereocenters. The standard InChI is InChI=1S/C14H14Cl2N2O3S/c1-2-21-14-12(6-5-11(15)13(14)16)22(19,20)18-9-10-4-3-7-17-8-10/h3-8,18H,2,9H2,1H3. The lowest BCUT2D eigenvalue weighted by molar-refractivity contribution is 0.331. The van der Waals surface area contributed by atoms with Gasteiger partial charge in [-0.15, -0.1) is 0 Å². The third kappa shape index (κ3) is 3.89. The van der Waals surface area contributed by atoms with Crippen LogP contribution in [-0.4, -0.2) is 20.0 Å². The minimum Gasteiger partial charge on any atom is -0.491 e. The molecular formula is C14H14Cl2N2O3S. The predicted molar refractivity (Wildman–Crippen MR) is 85.9 cm³/mol. The van der Waals surface area contributed by atoms with Crippen molar-refractivity contribution >= 4 is 33.2 Å². The topological polar surface area (TPSA) is 68.3 Å². The molecule has 0 saturated heterocycles. The van der Waals surface area contributed by atoms with Gasteiger partial charge in [0.1, 0.15) is 9.92 Å². The van der Waals surface area contributed by atoms with Gasteiger partial charge in [0.15, 0.2) is 5.75 Å². The van der Waals surface area contributed by atoms with Crippen molar-refractivity contribution < 1.29 is 13.2 Å². The van der Waals surface area contributed by atoms with Gasteiger partial charge in [-0.2, -0.15) is 0 Å². The highest BCUT2D eigenvalue weighted by Crippen LogP contribution is 2.37. The van der Waals surface area contributed by atoms with E-state index in [1.165, 1.54) is 12.1 Å². The number of rotatable bonds is 6. The third-order valence-corrected chi connectivity index (χ3v) is 4.99. The highest BCUT2D eigenvalue weighted by atomic mass is 35.5. The molecule has 0 saturated carbocycles. The Morgan fingerprint density at radius 3 is 2.68 bits per heavy atom. The summed E-state index contributed by atoms with van der Waals surface area (Å²) in [6.45, 7) is 2.11. The largest absolute Gasteiger partial charge is 0.491 e. The fraction of sp³-hybridized carbons (Fsp3) is 0.214. The number of aromatic nitrogens is 1. The molecule has 2 aromatic rings. The van der Waals surface area contributed by atoms with Gasteiger partial charge in [0.25, 0.3) is 0 Å². The molecule has 2 rings (SSSR count). The Kier molecular flexibility index (Phi) is 5.63. The molecule has 0 aliphatic carbocycles. The average Bonchev–Trinajstić information content (AvgIpc) is 2.51. The zero-order chi connectivity index (χ0) is 16.2. The quantitative estimate of drug-likeness (QED) is 0.858. The highest BCUT2D eigenvalue weighted by Gasteiger charge is 2.23. The molecule has 0 atom stereocenters. The number of pyridine rings is 1. The van der Waals surface area contributed by atoms with Gasteiger partial charge in [-0.05, 0) is 30.7 Å². The van der Waals surface area contributed by atoms with Crippen LogP contribution in [0.3, 0.4) is 0 Å². The zero-order valence-corrected chi connectivity index (χ0v) is 14.0. The summed E-state index contributed by atoms with van der Waals surface area (Å²) in [4.78, 5) is 3.88. The van der Waals surface area contributed by atoms with Crippen LogP contribution >= 0.6 is 23.2 Å². The lowest BCUT2D eigenvalue weighted by atomic mass is 10.3. The molecular weight excluding hydrogens is 347 g/mol. The van der Waals surface area contributed by atoms with E-state index in [2.05, 4.69) is 9.71 Å². The van der Waals surface area contributed by atoms with E-state index >= 15 is 0 Å². The molecule has 0 amide bonds. The average molecular weight is 361 g/mol. The summed E-state index contributed by atoms with van der Waals surface area (Å²) in [5, 5.41) is 0.309. The van der Waals surface area contributed by atoms with Crippen molar-refractivity contribution in [3.05, 3.63) is 52.3 Å². The first-order chi connectivity index (χ1) is 10.5.